The standard InChI is InChI=1S/C12H22BrN/c13-8-10-14(9-7-11-5-6-11)12-3-1-2-4-12/h11-12H,1-10H2. The van der Waals surface area contributed by atoms with E-state index in [9.17, 15) is 0 Å². The summed E-state index contributed by atoms with van der Waals surface area (Å²) >= 11 is 3.58. The fraction of sp³-hybridized carbons (Fsp3) is 1.00. The molecular weight excluding hydrogens is 238 g/mol. The van der Waals surface area contributed by atoms with Gasteiger partial charge in [0.2, 0.25) is 0 Å². The molecule has 0 spiro atoms. The lowest BCUT2D eigenvalue weighted by Gasteiger charge is -2.28. The van der Waals surface area contributed by atoms with E-state index in [0.717, 1.165) is 17.3 Å². The largest absolute Gasteiger partial charge is 0.300 e. The van der Waals surface area contributed by atoms with Gasteiger partial charge in [-0.15, -0.1) is 0 Å². The number of rotatable bonds is 6. The van der Waals surface area contributed by atoms with Crippen molar-refractivity contribution in [2.75, 3.05) is 18.4 Å². The van der Waals surface area contributed by atoms with Crippen LogP contribution in [0.3, 0.4) is 0 Å². The first-order valence-corrected chi connectivity index (χ1v) is 7.32. The Kier molecular flexibility index (Phi) is 4.30. The first kappa shape index (κ1) is 10.9. The van der Waals surface area contributed by atoms with Crippen molar-refractivity contribution in [3.63, 3.8) is 0 Å². The van der Waals surface area contributed by atoms with Gasteiger partial charge in [0.25, 0.3) is 0 Å². The van der Waals surface area contributed by atoms with E-state index >= 15 is 0 Å². The second kappa shape index (κ2) is 5.50. The smallest absolute Gasteiger partial charge is 0.0159 e. The van der Waals surface area contributed by atoms with Crippen LogP contribution in [0, 0.1) is 5.92 Å². The molecule has 2 fully saturated rings. The summed E-state index contributed by atoms with van der Waals surface area (Å²) in [5, 5.41) is 1.15. The highest BCUT2D eigenvalue weighted by Crippen LogP contribution is 2.33. The first-order valence-electron chi connectivity index (χ1n) is 6.20. The maximum absolute atomic E-state index is 3.58. The quantitative estimate of drug-likeness (QED) is 0.661. The van der Waals surface area contributed by atoms with Gasteiger partial charge in [-0.1, -0.05) is 41.6 Å². The van der Waals surface area contributed by atoms with Crippen LogP contribution in [0.1, 0.15) is 44.9 Å². The normalized spacial score (nSPS) is 23.6. The molecule has 0 saturated heterocycles. The minimum absolute atomic E-state index is 0.922. The number of hydrogen-bond acceptors (Lipinski definition) is 1. The zero-order valence-corrected chi connectivity index (χ0v) is 10.6. The van der Waals surface area contributed by atoms with Gasteiger partial charge in [0, 0.05) is 17.9 Å². The van der Waals surface area contributed by atoms with E-state index in [4.69, 9.17) is 0 Å². The number of nitrogens with zero attached hydrogens (tertiary/aromatic N) is 1. The number of halogens is 1. The topological polar surface area (TPSA) is 3.24 Å². The number of alkyl halides is 1. The highest BCUT2D eigenvalue weighted by atomic mass is 79.9. The second-order valence-electron chi connectivity index (χ2n) is 4.90. The Morgan fingerprint density at radius 2 is 1.71 bits per heavy atom. The van der Waals surface area contributed by atoms with Crippen molar-refractivity contribution in [2.45, 2.75) is 51.0 Å². The third-order valence-corrected chi connectivity index (χ3v) is 4.09. The van der Waals surface area contributed by atoms with Gasteiger partial charge in [-0.05, 0) is 31.7 Å². The van der Waals surface area contributed by atoms with Gasteiger partial charge in [-0.2, -0.15) is 0 Å². The Bertz CT molecular complexity index is 162. The van der Waals surface area contributed by atoms with E-state index < -0.39 is 0 Å². The molecule has 0 unspecified atom stereocenters. The molecule has 2 saturated carbocycles. The predicted octanol–water partition coefficient (Wildman–Crippen LogP) is 3.43. The summed E-state index contributed by atoms with van der Waals surface area (Å²) in [5.41, 5.74) is 0. The molecule has 0 bridgehead atoms. The summed E-state index contributed by atoms with van der Waals surface area (Å²) in [7, 11) is 0. The van der Waals surface area contributed by atoms with E-state index in [2.05, 4.69) is 20.8 Å². The predicted molar refractivity (Wildman–Crippen MR) is 65.0 cm³/mol. The van der Waals surface area contributed by atoms with Crippen LogP contribution in [-0.2, 0) is 0 Å². The van der Waals surface area contributed by atoms with Crippen LogP contribution in [0.5, 0.6) is 0 Å². The third-order valence-electron chi connectivity index (χ3n) is 3.73. The number of hydrogen-bond donors (Lipinski definition) is 0. The van der Waals surface area contributed by atoms with Crippen LogP contribution < -0.4 is 0 Å². The zero-order valence-electron chi connectivity index (χ0n) is 9.05. The molecule has 0 amide bonds. The Hall–Kier alpha value is 0.440. The average Bonchev–Trinajstić information content (AvgIpc) is 2.86. The lowest BCUT2D eigenvalue weighted by atomic mass is 10.2. The Labute approximate surface area is 96.4 Å². The summed E-state index contributed by atoms with van der Waals surface area (Å²) in [6, 6.07) is 0.922. The van der Waals surface area contributed by atoms with Crippen LogP contribution in [0.2, 0.25) is 0 Å². The van der Waals surface area contributed by atoms with Gasteiger partial charge < -0.3 is 0 Å². The van der Waals surface area contributed by atoms with Crippen LogP contribution >= 0.6 is 15.9 Å². The van der Waals surface area contributed by atoms with Gasteiger partial charge in [0.15, 0.2) is 0 Å². The van der Waals surface area contributed by atoms with Gasteiger partial charge in [0.1, 0.15) is 0 Å². The molecule has 0 aromatic rings. The molecule has 0 aromatic heterocycles. The van der Waals surface area contributed by atoms with Crippen LogP contribution in [0.4, 0.5) is 0 Å². The summed E-state index contributed by atoms with van der Waals surface area (Å²) in [5.74, 6) is 1.09. The van der Waals surface area contributed by atoms with Gasteiger partial charge >= 0.3 is 0 Å². The van der Waals surface area contributed by atoms with Crippen LogP contribution in [0.25, 0.3) is 0 Å². The fourth-order valence-electron chi connectivity index (χ4n) is 2.61. The molecule has 2 aliphatic rings. The van der Waals surface area contributed by atoms with Gasteiger partial charge in [-0.3, -0.25) is 4.90 Å². The van der Waals surface area contributed by atoms with Crippen molar-refractivity contribution in [3.05, 3.63) is 0 Å². The van der Waals surface area contributed by atoms with Crippen molar-refractivity contribution >= 4 is 15.9 Å². The monoisotopic (exact) mass is 259 g/mol. The molecule has 2 aliphatic carbocycles. The molecular formula is C12H22BrN. The van der Waals surface area contributed by atoms with Crippen molar-refractivity contribution < 1.29 is 0 Å². The maximum atomic E-state index is 3.58. The summed E-state index contributed by atoms with van der Waals surface area (Å²) < 4.78 is 0. The lowest BCUT2D eigenvalue weighted by molar-refractivity contribution is 0.205. The third kappa shape index (κ3) is 3.23. The molecule has 0 aromatic carbocycles. The van der Waals surface area contributed by atoms with E-state index in [1.165, 1.54) is 58.0 Å². The minimum atomic E-state index is 0.922. The molecule has 0 aliphatic heterocycles. The molecule has 0 atom stereocenters. The van der Waals surface area contributed by atoms with Crippen LogP contribution in [-0.4, -0.2) is 29.4 Å². The average molecular weight is 260 g/mol. The summed E-state index contributed by atoms with van der Waals surface area (Å²) in [6.45, 7) is 2.62. The Balaban J connectivity index is 1.72. The SMILES string of the molecule is BrCCN(CCC1CC1)C1CCCC1. The Morgan fingerprint density at radius 3 is 2.29 bits per heavy atom. The minimum Gasteiger partial charge on any atom is -0.300 e. The van der Waals surface area contributed by atoms with E-state index in [1.54, 1.807) is 0 Å². The molecule has 82 valence electrons. The van der Waals surface area contributed by atoms with Crippen LogP contribution in [0.15, 0.2) is 0 Å². The molecule has 2 rings (SSSR count). The second-order valence-corrected chi connectivity index (χ2v) is 5.69. The highest BCUT2D eigenvalue weighted by Gasteiger charge is 2.25. The van der Waals surface area contributed by atoms with Crippen molar-refractivity contribution in [1.82, 2.24) is 4.90 Å². The van der Waals surface area contributed by atoms with E-state index in [0.29, 0.717) is 0 Å². The lowest BCUT2D eigenvalue weighted by Crippen LogP contribution is -2.35. The molecule has 2 heteroatoms. The molecule has 0 heterocycles. The van der Waals surface area contributed by atoms with Gasteiger partial charge in [0.05, 0.1) is 0 Å². The Morgan fingerprint density at radius 1 is 1.00 bits per heavy atom. The van der Waals surface area contributed by atoms with E-state index in [-0.39, 0.29) is 0 Å². The molecule has 14 heavy (non-hydrogen) atoms. The molecule has 0 radical (unpaired) electrons. The van der Waals surface area contributed by atoms with Gasteiger partial charge in [-0.25, -0.2) is 0 Å². The van der Waals surface area contributed by atoms with E-state index in [1.807, 2.05) is 0 Å². The molecule has 1 nitrogen and oxygen atoms in total. The summed E-state index contributed by atoms with van der Waals surface area (Å²) in [4.78, 5) is 2.74. The van der Waals surface area contributed by atoms with Crippen molar-refractivity contribution in [2.24, 2.45) is 5.92 Å². The first-order chi connectivity index (χ1) is 6.90. The zero-order chi connectivity index (χ0) is 9.80. The van der Waals surface area contributed by atoms with Crippen molar-refractivity contribution in [3.8, 4) is 0 Å². The summed E-state index contributed by atoms with van der Waals surface area (Å²) in [6.07, 6.45) is 10.3. The maximum Gasteiger partial charge on any atom is 0.0159 e. The fourth-order valence-corrected chi connectivity index (χ4v) is 3.07. The highest BCUT2D eigenvalue weighted by molar-refractivity contribution is 9.09. The molecule has 0 N–H and O–H groups in total. The van der Waals surface area contributed by atoms with Crippen molar-refractivity contribution in [1.29, 1.82) is 0 Å².